The molecule has 0 saturated carbocycles. The third-order valence-electron chi connectivity index (χ3n) is 2.68. The molecule has 2 N–H and O–H groups in total. The van der Waals surface area contributed by atoms with Gasteiger partial charge in [-0.2, -0.15) is 5.10 Å². The van der Waals surface area contributed by atoms with Crippen molar-refractivity contribution in [1.29, 1.82) is 0 Å². The summed E-state index contributed by atoms with van der Waals surface area (Å²) in [5.41, 5.74) is 2.87. The molecule has 5 nitrogen and oxygen atoms in total. The smallest absolute Gasteiger partial charge is 0.176 e. The molecule has 20 heavy (non-hydrogen) atoms. The zero-order valence-electron chi connectivity index (χ0n) is 11.7. The lowest BCUT2D eigenvalue weighted by atomic mass is 10.0. The van der Waals surface area contributed by atoms with Crippen molar-refractivity contribution in [2.24, 2.45) is 5.10 Å². The average molecular weight is 293 g/mol. The highest BCUT2D eigenvalue weighted by Crippen LogP contribution is 2.25. The maximum Gasteiger partial charge on any atom is 0.176 e. The average Bonchev–Trinajstić information content (AvgIpc) is 2.36. The zero-order valence-corrected chi connectivity index (χ0v) is 12.4. The van der Waals surface area contributed by atoms with Gasteiger partial charge < -0.3 is 5.11 Å². The van der Waals surface area contributed by atoms with Crippen LogP contribution in [0.5, 0.6) is 0 Å². The van der Waals surface area contributed by atoms with Crippen molar-refractivity contribution in [3.05, 3.63) is 29.4 Å². The lowest BCUT2D eigenvalue weighted by molar-refractivity contribution is 0.0885. The van der Waals surface area contributed by atoms with E-state index >= 15 is 0 Å². The number of rotatable bonds is 4. The van der Waals surface area contributed by atoms with Gasteiger partial charge in [0.1, 0.15) is 0 Å². The summed E-state index contributed by atoms with van der Waals surface area (Å²) in [6.07, 6.45) is 0.471. The van der Waals surface area contributed by atoms with Gasteiger partial charge in [0.2, 0.25) is 0 Å². The molecule has 2 aromatic rings. The molecule has 0 spiro atoms. The van der Waals surface area contributed by atoms with Crippen LogP contribution in [0, 0.1) is 0 Å². The number of fused-ring (bicyclic) bond motifs is 1. The fourth-order valence-electron chi connectivity index (χ4n) is 1.97. The Morgan fingerprint density at radius 3 is 2.60 bits per heavy atom. The van der Waals surface area contributed by atoms with Gasteiger partial charge in [-0.1, -0.05) is 35.9 Å². The molecule has 0 bridgehead atoms. The second kappa shape index (κ2) is 5.73. The first-order chi connectivity index (χ1) is 9.37. The molecule has 0 radical (unpaired) electrons. The van der Waals surface area contributed by atoms with Crippen LogP contribution in [0.2, 0.25) is 5.15 Å². The molecule has 106 valence electrons. The highest BCUT2D eigenvalue weighted by atomic mass is 35.5. The number of hydrogen-bond donors (Lipinski definition) is 2. The summed E-state index contributed by atoms with van der Waals surface area (Å²) in [4.78, 5) is 0. The van der Waals surface area contributed by atoms with E-state index < -0.39 is 5.60 Å². The van der Waals surface area contributed by atoms with E-state index in [4.69, 9.17) is 11.6 Å². The van der Waals surface area contributed by atoms with Crippen molar-refractivity contribution >= 4 is 33.9 Å². The van der Waals surface area contributed by atoms with Crippen LogP contribution >= 0.6 is 11.6 Å². The van der Waals surface area contributed by atoms with Crippen molar-refractivity contribution in [3.8, 4) is 0 Å². The lowest BCUT2D eigenvalue weighted by Gasteiger charge is -2.16. The SMILES string of the molecule is CC(CC(C)(C)O)=NNc1nnc(Cl)c2ccccc12. The predicted molar refractivity (Wildman–Crippen MR) is 82.2 cm³/mol. The van der Waals surface area contributed by atoms with Crippen LogP contribution < -0.4 is 5.43 Å². The minimum absolute atomic E-state index is 0.364. The van der Waals surface area contributed by atoms with Gasteiger partial charge in [-0.25, -0.2) is 0 Å². The molecule has 1 heterocycles. The van der Waals surface area contributed by atoms with Crippen molar-refractivity contribution < 1.29 is 5.11 Å². The van der Waals surface area contributed by atoms with Gasteiger partial charge >= 0.3 is 0 Å². The number of benzene rings is 1. The standard InChI is InChI=1S/C14H17ClN4O/c1-9(8-14(2,3)20)16-18-13-11-7-5-4-6-10(11)12(15)17-19-13/h4-7,20H,8H2,1-3H3,(H,18,19). The van der Waals surface area contributed by atoms with Crippen molar-refractivity contribution in [3.63, 3.8) is 0 Å². The predicted octanol–water partition coefficient (Wildman–Crippen LogP) is 3.23. The molecule has 0 amide bonds. The van der Waals surface area contributed by atoms with Crippen LogP contribution in [0.4, 0.5) is 5.82 Å². The monoisotopic (exact) mass is 292 g/mol. The molecular formula is C14H17ClN4O. The van der Waals surface area contributed by atoms with Crippen LogP contribution in [-0.2, 0) is 0 Å². The minimum atomic E-state index is -0.789. The van der Waals surface area contributed by atoms with Gasteiger partial charge in [0.05, 0.1) is 5.60 Å². The normalized spacial score (nSPS) is 12.8. The maximum atomic E-state index is 9.74. The van der Waals surface area contributed by atoms with Gasteiger partial charge in [0.25, 0.3) is 0 Å². The Hall–Kier alpha value is -1.72. The Labute approximate surface area is 122 Å². The molecule has 0 aliphatic heterocycles. The van der Waals surface area contributed by atoms with Gasteiger partial charge in [-0.3, -0.25) is 5.43 Å². The Bertz CT molecular complexity index is 649. The van der Waals surface area contributed by atoms with Gasteiger partial charge in [-0.05, 0) is 20.8 Å². The van der Waals surface area contributed by atoms with Crippen LogP contribution in [0.3, 0.4) is 0 Å². The van der Waals surface area contributed by atoms with Crippen molar-refractivity contribution in [1.82, 2.24) is 10.2 Å². The molecule has 6 heteroatoms. The molecule has 0 atom stereocenters. The van der Waals surface area contributed by atoms with E-state index in [0.717, 1.165) is 16.5 Å². The fraction of sp³-hybridized carbons (Fsp3) is 0.357. The summed E-state index contributed by atoms with van der Waals surface area (Å²) < 4.78 is 0. The molecule has 0 aliphatic carbocycles. The number of halogens is 1. The van der Waals surface area contributed by atoms with E-state index in [1.54, 1.807) is 13.8 Å². The first kappa shape index (κ1) is 14.7. The van der Waals surface area contributed by atoms with Gasteiger partial charge in [0, 0.05) is 22.9 Å². The summed E-state index contributed by atoms with van der Waals surface area (Å²) in [5.74, 6) is 0.542. The Balaban J connectivity index is 2.27. The largest absolute Gasteiger partial charge is 0.390 e. The number of hydrazone groups is 1. The zero-order chi connectivity index (χ0) is 14.8. The molecular weight excluding hydrogens is 276 g/mol. The molecule has 0 unspecified atom stereocenters. The molecule has 2 rings (SSSR count). The van der Waals surface area contributed by atoms with E-state index in [1.807, 2.05) is 31.2 Å². The number of hydrogen-bond acceptors (Lipinski definition) is 5. The van der Waals surface area contributed by atoms with E-state index in [0.29, 0.717) is 17.4 Å². The fourth-order valence-corrected chi connectivity index (χ4v) is 2.17. The third kappa shape index (κ3) is 3.65. The maximum absolute atomic E-state index is 9.74. The van der Waals surface area contributed by atoms with Gasteiger partial charge in [0.15, 0.2) is 11.0 Å². The summed E-state index contributed by atoms with van der Waals surface area (Å²) in [7, 11) is 0. The number of aromatic nitrogens is 2. The molecule has 1 aromatic heterocycles. The Morgan fingerprint density at radius 2 is 1.95 bits per heavy atom. The first-order valence-corrected chi connectivity index (χ1v) is 6.67. The summed E-state index contributed by atoms with van der Waals surface area (Å²) in [5, 5.41) is 23.9. The molecule has 0 fully saturated rings. The number of anilines is 1. The number of nitrogens with one attached hydrogen (secondary N) is 1. The van der Waals surface area contributed by atoms with Crippen molar-refractivity contribution in [2.45, 2.75) is 32.8 Å². The van der Waals surface area contributed by atoms with Crippen LogP contribution in [0.15, 0.2) is 29.4 Å². The second-order valence-corrected chi connectivity index (χ2v) is 5.69. The Kier molecular flexibility index (Phi) is 4.20. The Morgan fingerprint density at radius 1 is 1.30 bits per heavy atom. The first-order valence-electron chi connectivity index (χ1n) is 6.29. The minimum Gasteiger partial charge on any atom is -0.390 e. The third-order valence-corrected chi connectivity index (χ3v) is 2.96. The van der Waals surface area contributed by atoms with E-state index in [2.05, 4.69) is 20.7 Å². The lowest BCUT2D eigenvalue weighted by Crippen LogP contribution is -2.22. The molecule has 1 aromatic carbocycles. The summed E-state index contributed by atoms with van der Waals surface area (Å²) >= 11 is 6.01. The van der Waals surface area contributed by atoms with Crippen LogP contribution in [0.25, 0.3) is 10.8 Å². The van der Waals surface area contributed by atoms with Crippen LogP contribution in [-0.4, -0.2) is 26.6 Å². The van der Waals surface area contributed by atoms with Gasteiger partial charge in [-0.15, -0.1) is 10.2 Å². The highest BCUT2D eigenvalue weighted by Gasteiger charge is 2.14. The van der Waals surface area contributed by atoms with E-state index in [-0.39, 0.29) is 0 Å². The number of aliphatic hydroxyl groups is 1. The molecule has 0 aliphatic rings. The number of nitrogens with zero attached hydrogens (tertiary/aromatic N) is 3. The topological polar surface area (TPSA) is 70.4 Å². The van der Waals surface area contributed by atoms with E-state index in [1.165, 1.54) is 0 Å². The second-order valence-electron chi connectivity index (χ2n) is 5.33. The quantitative estimate of drug-likeness (QED) is 0.670. The van der Waals surface area contributed by atoms with Crippen molar-refractivity contribution in [2.75, 3.05) is 5.43 Å². The van der Waals surface area contributed by atoms with E-state index in [9.17, 15) is 5.11 Å². The molecule has 0 saturated heterocycles. The van der Waals surface area contributed by atoms with Crippen LogP contribution in [0.1, 0.15) is 27.2 Å². The summed E-state index contributed by atoms with van der Waals surface area (Å²) in [6.45, 7) is 5.32. The highest BCUT2D eigenvalue weighted by molar-refractivity contribution is 6.34. The summed E-state index contributed by atoms with van der Waals surface area (Å²) in [6, 6.07) is 7.57.